The van der Waals surface area contributed by atoms with Crippen LogP contribution in [0.15, 0.2) is 18.2 Å². The van der Waals surface area contributed by atoms with E-state index in [0.717, 1.165) is 6.42 Å². The van der Waals surface area contributed by atoms with E-state index in [4.69, 9.17) is 4.74 Å². The molecule has 0 heterocycles. The zero-order valence-electron chi connectivity index (χ0n) is 12.0. The van der Waals surface area contributed by atoms with Crippen LogP contribution >= 0.6 is 12.4 Å². The predicted molar refractivity (Wildman–Crippen MR) is 80.3 cm³/mol. The standard InChI is InChI=1S/C15H20O2.ClH.H3N/c1-15(2,3)17-14(16)9-5-11-4-6-12-7-8-13(12)10-11;;/h4,6,10H,5,7-9H2,1-3H3;1H;1H3. The molecule has 1 aliphatic carbocycles. The smallest absolute Gasteiger partial charge is 0.306 e. The van der Waals surface area contributed by atoms with E-state index in [2.05, 4.69) is 18.2 Å². The van der Waals surface area contributed by atoms with Crippen LogP contribution in [0, 0.1) is 0 Å². The molecule has 0 aliphatic heterocycles. The third kappa shape index (κ3) is 5.21. The highest BCUT2D eigenvalue weighted by molar-refractivity contribution is 5.85. The lowest BCUT2D eigenvalue weighted by molar-refractivity contribution is -0.154. The molecule has 108 valence electrons. The summed E-state index contributed by atoms with van der Waals surface area (Å²) in [5.74, 6) is -0.111. The lowest BCUT2D eigenvalue weighted by Gasteiger charge is -2.20. The van der Waals surface area contributed by atoms with Crippen LogP contribution in [0.5, 0.6) is 0 Å². The van der Waals surface area contributed by atoms with Crippen molar-refractivity contribution in [2.45, 2.75) is 52.1 Å². The molecule has 0 unspecified atom stereocenters. The summed E-state index contributed by atoms with van der Waals surface area (Å²) in [6, 6.07) is 6.54. The molecule has 1 aromatic carbocycles. The molecule has 0 saturated heterocycles. The van der Waals surface area contributed by atoms with Crippen molar-refractivity contribution in [3.63, 3.8) is 0 Å². The van der Waals surface area contributed by atoms with Gasteiger partial charge in [-0.1, -0.05) is 18.2 Å². The molecule has 3 N–H and O–H groups in total. The fourth-order valence-corrected chi connectivity index (χ4v) is 2.04. The van der Waals surface area contributed by atoms with Crippen molar-refractivity contribution >= 4 is 18.4 Å². The fraction of sp³-hybridized carbons (Fsp3) is 0.533. The van der Waals surface area contributed by atoms with Gasteiger partial charge in [-0.2, -0.15) is 0 Å². The van der Waals surface area contributed by atoms with Crippen molar-refractivity contribution in [3.05, 3.63) is 34.9 Å². The molecule has 3 nitrogen and oxygen atoms in total. The van der Waals surface area contributed by atoms with Crippen LogP contribution in [-0.4, -0.2) is 11.6 Å². The van der Waals surface area contributed by atoms with Crippen molar-refractivity contribution < 1.29 is 9.53 Å². The minimum atomic E-state index is -0.377. The zero-order valence-corrected chi connectivity index (χ0v) is 12.8. The van der Waals surface area contributed by atoms with Gasteiger partial charge in [0.05, 0.1) is 0 Å². The van der Waals surface area contributed by atoms with Crippen molar-refractivity contribution in [3.8, 4) is 0 Å². The van der Waals surface area contributed by atoms with Crippen LogP contribution in [0.25, 0.3) is 0 Å². The molecule has 0 atom stereocenters. The molecule has 0 aromatic heterocycles. The number of ether oxygens (including phenoxy) is 1. The van der Waals surface area contributed by atoms with Crippen molar-refractivity contribution in [1.82, 2.24) is 6.15 Å². The largest absolute Gasteiger partial charge is 0.460 e. The third-order valence-corrected chi connectivity index (χ3v) is 2.97. The Labute approximate surface area is 121 Å². The van der Waals surface area contributed by atoms with Gasteiger partial charge in [0.15, 0.2) is 0 Å². The van der Waals surface area contributed by atoms with Crippen LogP contribution in [0.2, 0.25) is 0 Å². The first kappa shape index (κ1) is 17.9. The molecular weight excluding hydrogens is 262 g/mol. The van der Waals surface area contributed by atoms with Gasteiger partial charge in [0.2, 0.25) is 0 Å². The van der Waals surface area contributed by atoms with E-state index in [1.807, 2.05) is 20.8 Å². The van der Waals surface area contributed by atoms with Gasteiger partial charge >= 0.3 is 5.97 Å². The van der Waals surface area contributed by atoms with Gasteiger partial charge in [0, 0.05) is 6.42 Å². The molecule has 0 bridgehead atoms. The quantitative estimate of drug-likeness (QED) is 0.863. The molecule has 0 saturated carbocycles. The first-order chi connectivity index (χ1) is 7.94. The second-order valence-electron chi connectivity index (χ2n) is 5.69. The Hall–Kier alpha value is -1.06. The number of hydrogen-bond acceptors (Lipinski definition) is 3. The highest BCUT2D eigenvalue weighted by atomic mass is 35.5. The molecule has 2 rings (SSSR count). The van der Waals surface area contributed by atoms with Gasteiger partial charge in [-0.15, -0.1) is 12.4 Å². The van der Waals surface area contributed by atoms with Gasteiger partial charge in [-0.3, -0.25) is 4.79 Å². The summed E-state index contributed by atoms with van der Waals surface area (Å²) in [5.41, 5.74) is 3.78. The number of benzene rings is 1. The Morgan fingerprint density at radius 2 is 1.84 bits per heavy atom. The van der Waals surface area contributed by atoms with Crippen LogP contribution in [0.1, 0.15) is 43.9 Å². The van der Waals surface area contributed by atoms with Crippen LogP contribution < -0.4 is 6.15 Å². The molecule has 4 heteroatoms. The average Bonchev–Trinajstić information content (AvgIpc) is 2.15. The summed E-state index contributed by atoms with van der Waals surface area (Å²) >= 11 is 0. The highest BCUT2D eigenvalue weighted by Gasteiger charge is 2.17. The maximum atomic E-state index is 11.6. The maximum absolute atomic E-state index is 11.6. The van der Waals surface area contributed by atoms with Crippen molar-refractivity contribution in [1.29, 1.82) is 0 Å². The summed E-state index contributed by atoms with van der Waals surface area (Å²) in [5, 5.41) is 0. The third-order valence-electron chi connectivity index (χ3n) is 2.97. The lowest BCUT2D eigenvalue weighted by Crippen LogP contribution is -2.24. The van der Waals surface area contributed by atoms with Crippen LogP contribution in [0.4, 0.5) is 0 Å². The monoisotopic (exact) mass is 285 g/mol. The number of rotatable bonds is 3. The first-order valence-corrected chi connectivity index (χ1v) is 6.26. The van der Waals surface area contributed by atoms with E-state index in [9.17, 15) is 4.79 Å². The van der Waals surface area contributed by atoms with E-state index < -0.39 is 0 Å². The van der Waals surface area contributed by atoms with E-state index >= 15 is 0 Å². The Bertz CT molecular complexity index is 438. The normalized spacial score (nSPS) is 12.4. The predicted octanol–water partition coefficient (Wildman–Crippen LogP) is 3.64. The number of fused-ring (bicyclic) bond motifs is 1. The Morgan fingerprint density at radius 3 is 2.32 bits per heavy atom. The first-order valence-electron chi connectivity index (χ1n) is 6.26. The summed E-state index contributed by atoms with van der Waals surface area (Å²) in [6.45, 7) is 5.70. The Balaban J connectivity index is 0.00000162. The molecule has 0 amide bonds. The van der Waals surface area contributed by atoms with Gasteiger partial charge in [0.1, 0.15) is 5.60 Å². The SMILES string of the molecule is CC(C)(C)OC(=O)CCc1ccc2c(c1)CC2.Cl.N. The number of hydrogen-bond donors (Lipinski definition) is 1. The minimum Gasteiger partial charge on any atom is -0.460 e. The average molecular weight is 286 g/mol. The van der Waals surface area contributed by atoms with Gasteiger partial charge in [0.25, 0.3) is 0 Å². The second-order valence-corrected chi connectivity index (χ2v) is 5.69. The Morgan fingerprint density at radius 1 is 1.21 bits per heavy atom. The van der Waals surface area contributed by atoms with Gasteiger partial charge in [-0.05, 0) is 56.7 Å². The number of halogens is 1. The molecular formula is C15H24ClNO2. The van der Waals surface area contributed by atoms with Crippen LogP contribution in [0.3, 0.4) is 0 Å². The minimum absolute atomic E-state index is 0. The number of carbonyl (C=O) groups is 1. The molecule has 1 aliphatic rings. The highest BCUT2D eigenvalue weighted by Crippen LogP contribution is 2.24. The zero-order chi connectivity index (χ0) is 12.5. The van der Waals surface area contributed by atoms with E-state index in [-0.39, 0.29) is 30.1 Å². The summed E-state index contributed by atoms with van der Waals surface area (Å²) < 4.78 is 5.29. The topological polar surface area (TPSA) is 61.3 Å². The van der Waals surface area contributed by atoms with Crippen molar-refractivity contribution in [2.75, 3.05) is 0 Å². The number of esters is 1. The maximum Gasteiger partial charge on any atom is 0.306 e. The van der Waals surface area contributed by atoms with Gasteiger partial charge in [-0.25, -0.2) is 0 Å². The molecule has 19 heavy (non-hydrogen) atoms. The van der Waals surface area contributed by atoms with Crippen LogP contribution in [-0.2, 0) is 28.8 Å². The summed E-state index contributed by atoms with van der Waals surface area (Å²) in [7, 11) is 0. The van der Waals surface area contributed by atoms with Crippen molar-refractivity contribution in [2.24, 2.45) is 0 Å². The Kier molecular flexibility index (Phi) is 6.53. The molecule has 0 radical (unpaired) electrons. The molecule has 0 fully saturated rings. The lowest BCUT2D eigenvalue weighted by atomic mass is 9.86. The molecule has 0 spiro atoms. The van der Waals surface area contributed by atoms with Gasteiger partial charge < -0.3 is 10.9 Å². The molecule has 1 aromatic rings. The number of carbonyl (C=O) groups excluding carboxylic acids is 1. The summed E-state index contributed by atoms with van der Waals surface area (Å²) in [6.07, 6.45) is 3.65. The number of aryl methyl sites for hydroxylation is 3. The van der Waals surface area contributed by atoms with E-state index in [1.165, 1.54) is 29.5 Å². The fourth-order valence-electron chi connectivity index (χ4n) is 2.04. The second kappa shape index (κ2) is 6.92. The van der Waals surface area contributed by atoms with E-state index in [1.54, 1.807) is 0 Å². The summed E-state index contributed by atoms with van der Waals surface area (Å²) in [4.78, 5) is 11.6. The van der Waals surface area contributed by atoms with E-state index in [0.29, 0.717) is 6.42 Å².